The fourth-order valence-electron chi connectivity index (χ4n) is 6.63. The number of hydrogen-bond acceptors (Lipinski definition) is 4. The Morgan fingerprint density at radius 2 is 1.67 bits per heavy atom. The number of carbonyl (C=O) groups is 2. The Balaban J connectivity index is 1.65. The molecule has 2 fully saturated rings. The van der Waals surface area contributed by atoms with Gasteiger partial charge >= 0.3 is 0 Å². The highest BCUT2D eigenvalue weighted by molar-refractivity contribution is 6.31. The Labute approximate surface area is 265 Å². The second-order valence-electron chi connectivity index (χ2n) is 11.4. The van der Waals surface area contributed by atoms with Crippen molar-refractivity contribution < 1.29 is 18.4 Å². The van der Waals surface area contributed by atoms with Crippen LogP contribution < -0.4 is 11.1 Å². The molecule has 3 aromatic rings. The van der Waals surface area contributed by atoms with Gasteiger partial charge in [-0.1, -0.05) is 71.2 Å². The van der Waals surface area contributed by atoms with Crippen LogP contribution in [0.1, 0.15) is 49.3 Å². The highest BCUT2D eigenvalue weighted by Gasteiger charge is 2.60. The van der Waals surface area contributed by atoms with Crippen LogP contribution in [0.4, 0.5) is 8.78 Å². The van der Waals surface area contributed by atoms with Crippen molar-refractivity contribution in [1.29, 1.82) is 0 Å². The van der Waals surface area contributed by atoms with E-state index in [1.807, 2.05) is 17.0 Å². The average Bonchev–Trinajstić information content (AvgIpc) is 3.18. The highest BCUT2D eigenvalue weighted by Crippen LogP contribution is 2.52. The predicted molar refractivity (Wildman–Crippen MR) is 165 cm³/mol. The lowest BCUT2D eigenvalue weighted by atomic mass is 9.71. The lowest BCUT2D eigenvalue weighted by Crippen LogP contribution is -2.52. The first-order valence-corrected chi connectivity index (χ1v) is 15.3. The largest absolute Gasteiger partial charge is 0.352 e. The van der Waals surface area contributed by atoms with Gasteiger partial charge in [0.05, 0.1) is 16.6 Å². The minimum Gasteiger partial charge on any atom is -0.352 e. The zero-order valence-corrected chi connectivity index (χ0v) is 26.1. The normalized spacial score (nSPS) is 24.7. The average molecular weight is 650 g/mol. The van der Waals surface area contributed by atoms with Gasteiger partial charge in [-0.05, 0) is 55.2 Å². The second-order valence-corrected chi connectivity index (χ2v) is 12.6. The van der Waals surface area contributed by atoms with Gasteiger partial charge in [0.1, 0.15) is 11.6 Å². The Kier molecular flexibility index (Phi) is 9.35. The molecular formula is C32H33Cl3F2N4O2. The van der Waals surface area contributed by atoms with E-state index < -0.39 is 35.2 Å². The molecule has 6 nitrogen and oxygen atoms in total. The summed E-state index contributed by atoms with van der Waals surface area (Å²) in [5, 5.41) is 3.68. The quantitative estimate of drug-likeness (QED) is 0.331. The van der Waals surface area contributed by atoms with Crippen molar-refractivity contribution in [2.24, 2.45) is 5.73 Å². The minimum atomic E-state index is -1.60. The van der Waals surface area contributed by atoms with Crippen molar-refractivity contribution >= 4 is 46.6 Å². The molecule has 2 aliphatic rings. The van der Waals surface area contributed by atoms with Crippen molar-refractivity contribution in [2.75, 3.05) is 13.1 Å². The zero-order chi connectivity index (χ0) is 31.1. The third kappa shape index (κ3) is 6.00. The number of halogens is 5. The molecule has 0 spiro atoms. The second kappa shape index (κ2) is 12.7. The summed E-state index contributed by atoms with van der Waals surface area (Å²) in [7, 11) is 0. The maximum atomic E-state index is 15.9. The first-order valence-electron chi connectivity index (χ1n) is 14.2. The van der Waals surface area contributed by atoms with Crippen LogP contribution in [0, 0.1) is 11.6 Å². The van der Waals surface area contributed by atoms with E-state index in [0.29, 0.717) is 31.0 Å². The summed E-state index contributed by atoms with van der Waals surface area (Å²) in [4.78, 5) is 29.9. The van der Waals surface area contributed by atoms with Crippen molar-refractivity contribution in [1.82, 2.24) is 15.1 Å². The number of nitrogens with zero attached hydrogens (tertiary/aromatic N) is 2. The number of nitrogens with two attached hydrogens (primary N) is 1. The topological polar surface area (TPSA) is 78.7 Å². The third-order valence-electron chi connectivity index (χ3n) is 8.96. The summed E-state index contributed by atoms with van der Waals surface area (Å²) in [5.41, 5.74) is 6.61. The van der Waals surface area contributed by atoms with Crippen LogP contribution in [-0.4, -0.2) is 52.8 Å². The SMILES string of the molecule is CC(=O)N1CCC(NC(=O)[C@H]2[C@H](c3cccc(Cl)c3F)[C@@](N)(c3ccc(Cl)cc3F)C(C)N2Cc2ccccc2Cl)CC1. The molecule has 0 aliphatic carbocycles. The van der Waals surface area contributed by atoms with Gasteiger partial charge in [0.25, 0.3) is 0 Å². The van der Waals surface area contributed by atoms with Crippen LogP contribution in [0.25, 0.3) is 0 Å². The highest BCUT2D eigenvalue weighted by atomic mass is 35.5. The zero-order valence-electron chi connectivity index (χ0n) is 23.8. The molecule has 228 valence electrons. The van der Waals surface area contributed by atoms with Gasteiger partial charge in [0.15, 0.2) is 0 Å². The van der Waals surface area contributed by atoms with Crippen LogP contribution in [0.3, 0.4) is 0 Å². The van der Waals surface area contributed by atoms with E-state index in [1.54, 1.807) is 36.1 Å². The molecule has 0 aromatic heterocycles. The molecule has 2 heterocycles. The summed E-state index contributed by atoms with van der Waals surface area (Å²) >= 11 is 18.9. The van der Waals surface area contributed by atoms with E-state index in [4.69, 9.17) is 40.5 Å². The molecule has 3 aromatic carbocycles. The molecule has 2 saturated heterocycles. The van der Waals surface area contributed by atoms with Crippen LogP contribution in [0.15, 0.2) is 60.7 Å². The molecule has 5 rings (SSSR count). The van der Waals surface area contributed by atoms with Crippen molar-refractivity contribution in [2.45, 2.75) is 62.8 Å². The molecule has 11 heteroatoms. The fraction of sp³-hybridized carbons (Fsp3) is 0.375. The lowest BCUT2D eigenvalue weighted by Gasteiger charge is -2.37. The Morgan fingerprint density at radius 1 is 1.00 bits per heavy atom. The van der Waals surface area contributed by atoms with E-state index in [-0.39, 0.29) is 45.6 Å². The van der Waals surface area contributed by atoms with E-state index in [1.165, 1.54) is 25.1 Å². The van der Waals surface area contributed by atoms with E-state index in [2.05, 4.69) is 5.32 Å². The molecule has 1 unspecified atom stereocenters. The van der Waals surface area contributed by atoms with E-state index >= 15 is 8.78 Å². The Hall–Kier alpha value is -2.75. The predicted octanol–water partition coefficient (Wildman–Crippen LogP) is 6.26. The number of hydrogen-bond donors (Lipinski definition) is 2. The molecule has 0 bridgehead atoms. The number of likely N-dealkylation sites (tertiary alicyclic amines) is 2. The number of benzene rings is 3. The molecule has 3 N–H and O–H groups in total. The first kappa shape index (κ1) is 31.7. The lowest BCUT2D eigenvalue weighted by molar-refractivity contribution is -0.130. The van der Waals surface area contributed by atoms with Gasteiger partial charge < -0.3 is 16.0 Å². The monoisotopic (exact) mass is 648 g/mol. The van der Waals surface area contributed by atoms with E-state index in [0.717, 1.165) is 11.6 Å². The Morgan fingerprint density at radius 3 is 2.33 bits per heavy atom. The van der Waals surface area contributed by atoms with Gasteiger partial charge in [-0.15, -0.1) is 0 Å². The summed E-state index contributed by atoms with van der Waals surface area (Å²) < 4.78 is 31.7. The number of rotatable bonds is 6. The summed E-state index contributed by atoms with van der Waals surface area (Å²) in [5.74, 6) is -2.85. The molecule has 2 amide bonds. The standard InChI is InChI=1S/C32H33Cl3F2N4O2/c1-18-32(38,24-11-10-21(33)16-27(24)36)28(23-7-5-9-26(35)29(23)37)30(41(18)17-20-6-3-4-8-25(20)34)31(43)39-22-12-14-40(15-13-22)19(2)42/h3-11,16,18,22,28,30H,12-15,17,38H2,1-2H3,(H,39,43)/t18?,28-,30+,32-/m0/s1. The number of nitrogens with one attached hydrogen (secondary N) is 1. The molecule has 2 aliphatic heterocycles. The first-order chi connectivity index (χ1) is 20.4. The smallest absolute Gasteiger partial charge is 0.238 e. The minimum absolute atomic E-state index is 0.0188. The summed E-state index contributed by atoms with van der Waals surface area (Å²) in [6, 6.07) is 14.0. The van der Waals surface area contributed by atoms with Gasteiger partial charge in [-0.25, -0.2) is 8.78 Å². The molecular weight excluding hydrogens is 617 g/mol. The maximum absolute atomic E-state index is 15.9. The summed E-state index contributed by atoms with van der Waals surface area (Å²) in [6.45, 7) is 4.53. The molecule has 0 radical (unpaired) electrons. The van der Waals surface area contributed by atoms with Gasteiger partial charge in [0, 0.05) is 60.2 Å². The van der Waals surface area contributed by atoms with Gasteiger partial charge in [-0.3, -0.25) is 14.5 Å². The van der Waals surface area contributed by atoms with Crippen LogP contribution in [0.2, 0.25) is 15.1 Å². The van der Waals surface area contributed by atoms with Crippen molar-refractivity contribution in [3.63, 3.8) is 0 Å². The molecule has 4 atom stereocenters. The third-order valence-corrected chi connectivity index (χ3v) is 9.85. The van der Waals surface area contributed by atoms with E-state index in [9.17, 15) is 9.59 Å². The fourth-order valence-corrected chi connectivity index (χ4v) is 7.17. The van der Waals surface area contributed by atoms with Crippen molar-refractivity contribution in [3.05, 3.63) is 104 Å². The van der Waals surface area contributed by atoms with Gasteiger partial charge in [0.2, 0.25) is 11.8 Å². The summed E-state index contributed by atoms with van der Waals surface area (Å²) in [6.07, 6.45) is 1.13. The van der Waals surface area contributed by atoms with Crippen LogP contribution in [-0.2, 0) is 21.7 Å². The number of amides is 2. The maximum Gasteiger partial charge on any atom is 0.238 e. The Bertz CT molecular complexity index is 1530. The molecule has 0 saturated carbocycles. The van der Waals surface area contributed by atoms with Crippen LogP contribution >= 0.6 is 34.8 Å². The molecule has 43 heavy (non-hydrogen) atoms. The number of carbonyl (C=O) groups excluding carboxylic acids is 2. The van der Waals surface area contributed by atoms with Gasteiger partial charge in [-0.2, -0.15) is 0 Å². The number of piperidine rings is 1. The van der Waals surface area contributed by atoms with Crippen molar-refractivity contribution in [3.8, 4) is 0 Å². The van der Waals surface area contributed by atoms with Crippen LogP contribution in [0.5, 0.6) is 0 Å².